The van der Waals surface area contributed by atoms with Crippen LogP contribution in [-0.4, -0.2) is 4.98 Å². The third-order valence-corrected chi connectivity index (χ3v) is 1.60. The van der Waals surface area contributed by atoms with Gasteiger partial charge in [-0.1, -0.05) is 28.7 Å². The fourth-order valence-electron chi connectivity index (χ4n) is 0.666. The van der Waals surface area contributed by atoms with Crippen molar-refractivity contribution < 1.29 is 0 Å². The van der Waals surface area contributed by atoms with Gasteiger partial charge in [0, 0.05) is 18.3 Å². The zero-order chi connectivity index (χ0) is 6.53. The molecule has 0 atom stereocenters. The largest absolute Gasteiger partial charge is 0.365 e. The lowest BCUT2D eigenvalue weighted by atomic mass is 10.3. The summed E-state index contributed by atoms with van der Waals surface area (Å²) in [6.45, 7) is 0. The zero-order valence-corrected chi connectivity index (χ0v) is 7.13. The normalized spacial score (nSPS) is 10.8. The number of H-pyrrole nitrogens is 1. The molecule has 0 fully saturated rings. The summed E-state index contributed by atoms with van der Waals surface area (Å²) in [7, 11) is 0. The van der Waals surface area contributed by atoms with Crippen LogP contribution in [0.5, 0.6) is 0 Å². The average molecular weight is 233 g/mol. The van der Waals surface area contributed by atoms with Crippen LogP contribution in [-0.2, 0) is 6.42 Å². The first-order chi connectivity index (χ1) is 4.43. The van der Waals surface area contributed by atoms with Gasteiger partial charge in [-0.15, -0.1) is 0 Å². The Balaban J connectivity index is 2.48. The SMILES string of the molecule is IC=CCc1ccc[nH]1. The molecule has 0 aliphatic heterocycles. The molecule has 0 aliphatic carbocycles. The summed E-state index contributed by atoms with van der Waals surface area (Å²) < 4.78 is 2.03. The molecule has 2 heteroatoms. The molecular weight excluding hydrogens is 225 g/mol. The van der Waals surface area contributed by atoms with E-state index in [-0.39, 0.29) is 0 Å². The lowest BCUT2D eigenvalue weighted by molar-refractivity contribution is 1.16. The molecule has 0 saturated carbocycles. The van der Waals surface area contributed by atoms with Gasteiger partial charge in [-0.2, -0.15) is 0 Å². The van der Waals surface area contributed by atoms with Crippen LogP contribution in [0.3, 0.4) is 0 Å². The maximum Gasteiger partial charge on any atom is 0.0185 e. The van der Waals surface area contributed by atoms with Crippen molar-refractivity contribution in [2.75, 3.05) is 0 Å². The molecule has 0 aromatic carbocycles. The Kier molecular flexibility index (Phi) is 2.83. The number of aromatic nitrogens is 1. The second-order valence-corrected chi connectivity index (χ2v) is 2.48. The highest BCUT2D eigenvalue weighted by Gasteiger charge is 1.84. The van der Waals surface area contributed by atoms with Gasteiger partial charge in [0.1, 0.15) is 0 Å². The molecule has 0 bridgehead atoms. The van der Waals surface area contributed by atoms with E-state index >= 15 is 0 Å². The van der Waals surface area contributed by atoms with Gasteiger partial charge in [-0.3, -0.25) is 0 Å². The molecule has 0 spiro atoms. The summed E-state index contributed by atoms with van der Waals surface area (Å²) in [6.07, 6.45) is 5.07. The number of hydrogen-bond acceptors (Lipinski definition) is 0. The Labute approximate surface area is 68.3 Å². The van der Waals surface area contributed by atoms with Crippen LogP contribution in [0.2, 0.25) is 0 Å². The highest BCUT2D eigenvalue weighted by molar-refractivity contribution is 14.1. The summed E-state index contributed by atoms with van der Waals surface area (Å²) in [5.41, 5.74) is 1.27. The van der Waals surface area contributed by atoms with Crippen molar-refractivity contribution in [1.29, 1.82) is 0 Å². The number of aromatic amines is 1. The molecule has 1 rings (SSSR count). The molecule has 0 unspecified atom stereocenters. The van der Waals surface area contributed by atoms with Crippen LogP contribution in [0.1, 0.15) is 5.69 Å². The number of rotatable bonds is 2. The van der Waals surface area contributed by atoms with Crippen LogP contribution in [0.4, 0.5) is 0 Å². The van der Waals surface area contributed by atoms with Crippen molar-refractivity contribution in [2.45, 2.75) is 6.42 Å². The summed E-state index contributed by atoms with van der Waals surface area (Å²) in [4.78, 5) is 3.12. The fourth-order valence-corrected chi connectivity index (χ4v) is 0.920. The Bertz CT molecular complexity index is 177. The van der Waals surface area contributed by atoms with Crippen LogP contribution in [0.25, 0.3) is 0 Å². The molecule has 1 aromatic rings. The highest BCUT2D eigenvalue weighted by Crippen LogP contribution is 1.97. The molecule has 48 valence electrons. The van der Waals surface area contributed by atoms with E-state index in [1.165, 1.54) is 5.69 Å². The Morgan fingerprint density at radius 1 is 1.67 bits per heavy atom. The third kappa shape index (κ3) is 2.22. The van der Waals surface area contributed by atoms with Crippen molar-refractivity contribution in [3.05, 3.63) is 34.2 Å². The van der Waals surface area contributed by atoms with Gasteiger partial charge in [0.05, 0.1) is 0 Å². The topological polar surface area (TPSA) is 15.8 Å². The van der Waals surface area contributed by atoms with E-state index in [0.29, 0.717) is 0 Å². The second-order valence-electron chi connectivity index (χ2n) is 1.76. The maximum atomic E-state index is 3.12. The molecule has 9 heavy (non-hydrogen) atoms. The van der Waals surface area contributed by atoms with Gasteiger partial charge >= 0.3 is 0 Å². The Hall–Kier alpha value is -0.250. The smallest absolute Gasteiger partial charge is 0.0185 e. The molecule has 1 nitrogen and oxygen atoms in total. The van der Waals surface area contributed by atoms with Crippen LogP contribution in [0.15, 0.2) is 28.5 Å². The molecule has 1 N–H and O–H groups in total. The Morgan fingerprint density at radius 2 is 2.56 bits per heavy atom. The molecule has 0 saturated heterocycles. The first kappa shape index (κ1) is 6.86. The predicted octanol–water partition coefficient (Wildman–Crippen LogP) is 2.51. The lowest BCUT2D eigenvalue weighted by Crippen LogP contribution is -1.76. The van der Waals surface area contributed by atoms with Crippen molar-refractivity contribution in [3.8, 4) is 0 Å². The number of allylic oxidation sites excluding steroid dienone is 1. The van der Waals surface area contributed by atoms with Crippen LogP contribution >= 0.6 is 22.6 Å². The minimum absolute atomic E-state index is 1.01. The highest BCUT2D eigenvalue weighted by atomic mass is 127. The minimum Gasteiger partial charge on any atom is -0.365 e. The first-order valence-electron chi connectivity index (χ1n) is 2.81. The average Bonchev–Trinajstić information content (AvgIpc) is 2.34. The van der Waals surface area contributed by atoms with Crippen molar-refractivity contribution in [3.63, 3.8) is 0 Å². The van der Waals surface area contributed by atoms with Gasteiger partial charge in [-0.25, -0.2) is 0 Å². The molecule has 1 aromatic heterocycles. The molecule has 0 amide bonds. The fraction of sp³-hybridized carbons (Fsp3) is 0.143. The molecule has 1 heterocycles. The zero-order valence-electron chi connectivity index (χ0n) is 4.97. The van der Waals surface area contributed by atoms with E-state index in [2.05, 4.69) is 39.7 Å². The maximum absolute atomic E-state index is 3.12. The summed E-state index contributed by atoms with van der Waals surface area (Å²) >= 11 is 2.22. The third-order valence-electron chi connectivity index (χ3n) is 1.09. The lowest BCUT2D eigenvalue weighted by Gasteiger charge is -1.84. The van der Waals surface area contributed by atoms with Gasteiger partial charge in [0.2, 0.25) is 0 Å². The summed E-state index contributed by atoms with van der Waals surface area (Å²) in [5, 5.41) is 0. The first-order valence-corrected chi connectivity index (χ1v) is 4.05. The molecule has 0 aliphatic rings. The van der Waals surface area contributed by atoms with Gasteiger partial charge < -0.3 is 4.98 Å². The Morgan fingerprint density at radius 3 is 3.11 bits per heavy atom. The van der Waals surface area contributed by atoms with E-state index in [0.717, 1.165) is 6.42 Å². The quantitative estimate of drug-likeness (QED) is 0.755. The van der Waals surface area contributed by atoms with E-state index in [9.17, 15) is 0 Å². The predicted molar refractivity (Wildman–Crippen MR) is 47.7 cm³/mol. The summed E-state index contributed by atoms with van der Waals surface area (Å²) in [5.74, 6) is 0. The van der Waals surface area contributed by atoms with E-state index in [1.807, 2.05) is 16.3 Å². The van der Waals surface area contributed by atoms with Crippen molar-refractivity contribution in [1.82, 2.24) is 4.98 Å². The standard InChI is InChI=1S/C7H8IN/c8-5-1-3-7-4-2-6-9-7/h1-2,4-6,9H,3H2. The molecule has 0 radical (unpaired) electrons. The molecular formula is C7H8IN. The monoisotopic (exact) mass is 233 g/mol. The van der Waals surface area contributed by atoms with Crippen molar-refractivity contribution in [2.24, 2.45) is 0 Å². The van der Waals surface area contributed by atoms with Gasteiger partial charge in [0.15, 0.2) is 0 Å². The van der Waals surface area contributed by atoms with E-state index in [1.54, 1.807) is 0 Å². The van der Waals surface area contributed by atoms with Gasteiger partial charge in [0.25, 0.3) is 0 Å². The van der Waals surface area contributed by atoms with Gasteiger partial charge in [-0.05, 0) is 16.2 Å². The van der Waals surface area contributed by atoms with Crippen molar-refractivity contribution >= 4 is 22.6 Å². The number of hydrogen-bond donors (Lipinski definition) is 1. The van der Waals surface area contributed by atoms with E-state index < -0.39 is 0 Å². The van der Waals surface area contributed by atoms with Crippen LogP contribution in [0, 0.1) is 0 Å². The number of nitrogens with one attached hydrogen (secondary N) is 1. The second kappa shape index (κ2) is 3.71. The minimum atomic E-state index is 1.01. The van der Waals surface area contributed by atoms with Crippen LogP contribution < -0.4 is 0 Å². The number of halogens is 1. The van der Waals surface area contributed by atoms with E-state index in [4.69, 9.17) is 0 Å². The summed E-state index contributed by atoms with van der Waals surface area (Å²) in [6, 6.07) is 4.09.